The molecule has 1 aromatic heterocycles. The summed E-state index contributed by atoms with van der Waals surface area (Å²) in [6, 6.07) is 2.84. The lowest BCUT2D eigenvalue weighted by atomic mass is 9.79. The molecule has 0 aromatic carbocycles. The first kappa shape index (κ1) is 23.8. The molecule has 1 saturated heterocycles. The van der Waals surface area contributed by atoms with Gasteiger partial charge in [0.1, 0.15) is 10.8 Å². The number of nitrogens with one attached hydrogen (secondary N) is 1. The van der Waals surface area contributed by atoms with Crippen molar-refractivity contribution in [3.05, 3.63) is 16.5 Å². The summed E-state index contributed by atoms with van der Waals surface area (Å²) in [5, 5.41) is 0. The smallest absolute Gasteiger partial charge is 0.409 e. The van der Waals surface area contributed by atoms with Crippen molar-refractivity contribution < 1.29 is 22.7 Å². The molecule has 1 aromatic rings. The van der Waals surface area contributed by atoms with Crippen LogP contribution < -0.4 is 10.5 Å². The summed E-state index contributed by atoms with van der Waals surface area (Å²) >= 11 is 7.00. The van der Waals surface area contributed by atoms with Crippen molar-refractivity contribution in [1.29, 1.82) is 0 Å². The Balaban J connectivity index is 1.44. The summed E-state index contributed by atoms with van der Waals surface area (Å²) in [7, 11) is -3.70. The molecule has 2 amide bonds. The summed E-state index contributed by atoms with van der Waals surface area (Å²) in [4.78, 5) is 25.7. The number of fused-ring (bicyclic) bond motifs is 2. The van der Waals surface area contributed by atoms with E-state index in [4.69, 9.17) is 22.1 Å². The van der Waals surface area contributed by atoms with E-state index in [2.05, 4.69) is 4.72 Å². The molecule has 32 heavy (non-hydrogen) atoms. The molecule has 8 nitrogen and oxygen atoms in total. The van der Waals surface area contributed by atoms with Crippen LogP contribution in [0.25, 0.3) is 0 Å². The zero-order chi connectivity index (χ0) is 22.9. The normalized spacial score (nSPS) is 29.0. The quantitative estimate of drug-likeness (QED) is 0.617. The number of hydrogen-bond donors (Lipinski definition) is 2. The molecule has 11 heteroatoms. The maximum atomic E-state index is 13.0. The van der Waals surface area contributed by atoms with Gasteiger partial charge in [0.05, 0.1) is 4.34 Å². The molecular weight excluding hydrogens is 474 g/mol. The van der Waals surface area contributed by atoms with Gasteiger partial charge in [-0.15, -0.1) is 11.3 Å². The fourth-order valence-electron chi connectivity index (χ4n) is 5.54. The number of carbonyl (C=O) groups is 2. The van der Waals surface area contributed by atoms with E-state index in [9.17, 15) is 18.0 Å². The average molecular weight is 504 g/mol. The Morgan fingerprint density at radius 1 is 1.19 bits per heavy atom. The van der Waals surface area contributed by atoms with Gasteiger partial charge in [0, 0.05) is 30.5 Å². The number of halogens is 1. The van der Waals surface area contributed by atoms with Crippen LogP contribution >= 0.6 is 22.9 Å². The standard InChI is InChI=1S/C21H30ClN3O5S2/c22-16-4-5-17(31-16)32(28,29)24-18-14-3-1-2-9-21(18,10-6-14)13-30-20(27)25-11-7-15(8-12-25)19(23)26/h4-5,14-15,18,24H,1-3,6-13H2,(H2,23,26). The van der Waals surface area contributed by atoms with Crippen molar-refractivity contribution in [3.63, 3.8) is 0 Å². The van der Waals surface area contributed by atoms with Crippen LogP contribution in [0.2, 0.25) is 4.34 Å². The third-order valence-corrected chi connectivity index (χ3v) is 10.5. The number of sulfonamides is 1. The highest BCUT2D eigenvalue weighted by Gasteiger charge is 2.51. The fourth-order valence-corrected chi connectivity index (χ4v) is 8.44. The Kier molecular flexibility index (Phi) is 7.05. The van der Waals surface area contributed by atoms with Crippen LogP contribution in [0.5, 0.6) is 0 Å². The second kappa shape index (κ2) is 9.48. The molecule has 3 fully saturated rings. The van der Waals surface area contributed by atoms with Crippen LogP contribution in [0.1, 0.15) is 51.4 Å². The molecule has 0 spiro atoms. The maximum absolute atomic E-state index is 13.0. The number of hydrogen-bond acceptors (Lipinski definition) is 6. The van der Waals surface area contributed by atoms with Gasteiger partial charge in [-0.3, -0.25) is 4.79 Å². The van der Waals surface area contributed by atoms with Crippen molar-refractivity contribution in [1.82, 2.24) is 9.62 Å². The first-order chi connectivity index (χ1) is 15.2. The maximum Gasteiger partial charge on any atom is 0.409 e. The highest BCUT2D eigenvalue weighted by atomic mass is 35.5. The van der Waals surface area contributed by atoms with Gasteiger partial charge >= 0.3 is 6.09 Å². The van der Waals surface area contributed by atoms with E-state index in [1.807, 2.05) is 0 Å². The number of primary amides is 1. The van der Waals surface area contributed by atoms with E-state index in [0.717, 1.165) is 49.9 Å². The molecule has 2 heterocycles. The SMILES string of the molecule is NC(=O)C1CCN(C(=O)OCC23CCCCC(CC2)C3NS(=O)(=O)c2ccc(Cl)s2)CC1. The number of piperidine rings is 1. The van der Waals surface area contributed by atoms with E-state index < -0.39 is 21.5 Å². The number of ether oxygens (including phenoxy) is 1. The van der Waals surface area contributed by atoms with Crippen molar-refractivity contribution >= 4 is 45.0 Å². The summed E-state index contributed by atoms with van der Waals surface area (Å²) in [6.45, 7) is 1.07. The number of likely N-dealkylation sites (tertiary alicyclic amines) is 1. The summed E-state index contributed by atoms with van der Waals surface area (Å²) in [5.74, 6) is -0.290. The van der Waals surface area contributed by atoms with Crippen LogP contribution in [0, 0.1) is 17.3 Å². The second-order valence-electron chi connectivity index (χ2n) is 9.28. The fraction of sp³-hybridized carbons (Fsp3) is 0.714. The highest BCUT2D eigenvalue weighted by molar-refractivity contribution is 7.91. The topological polar surface area (TPSA) is 119 Å². The number of carbonyl (C=O) groups excluding carboxylic acids is 2. The van der Waals surface area contributed by atoms with E-state index in [-0.39, 0.29) is 34.6 Å². The molecule has 1 aliphatic heterocycles. The zero-order valence-corrected chi connectivity index (χ0v) is 20.3. The van der Waals surface area contributed by atoms with Crippen molar-refractivity contribution in [3.8, 4) is 0 Å². The van der Waals surface area contributed by atoms with Crippen molar-refractivity contribution in [2.24, 2.45) is 23.0 Å². The predicted molar refractivity (Wildman–Crippen MR) is 122 cm³/mol. The molecule has 2 bridgehead atoms. The van der Waals surface area contributed by atoms with Gasteiger partial charge in [-0.1, -0.05) is 24.4 Å². The molecule has 3 atom stereocenters. The largest absolute Gasteiger partial charge is 0.449 e. The highest BCUT2D eigenvalue weighted by Crippen LogP contribution is 2.50. The van der Waals surface area contributed by atoms with Gasteiger partial charge in [-0.25, -0.2) is 17.9 Å². The Morgan fingerprint density at radius 2 is 1.94 bits per heavy atom. The lowest BCUT2D eigenvalue weighted by Crippen LogP contribution is -2.50. The number of rotatable bonds is 6. The first-order valence-corrected chi connectivity index (χ1v) is 13.9. The minimum atomic E-state index is -3.70. The van der Waals surface area contributed by atoms with Crippen molar-refractivity contribution in [2.75, 3.05) is 19.7 Å². The summed E-state index contributed by atoms with van der Waals surface area (Å²) in [5.41, 5.74) is 4.97. The first-order valence-electron chi connectivity index (χ1n) is 11.2. The average Bonchev–Trinajstić information content (AvgIpc) is 3.28. The minimum absolute atomic E-state index is 0.191. The number of thiophene rings is 1. The summed E-state index contributed by atoms with van der Waals surface area (Å²) < 4.78 is 35.4. The predicted octanol–water partition coefficient (Wildman–Crippen LogP) is 3.35. The van der Waals surface area contributed by atoms with Crippen LogP contribution in [0.4, 0.5) is 4.79 Å². The Bertz CT molecular complexity index is 960. The van der Waals surface area contributed by atoms with Gasteiger partial charge in [0.2, 0.25) is 15.9 Å². The molecule has 3 N–H and O–H groups in total. The molecule has 3 aliphatic rings. The number of nitrogens with two attached hydrogens (primary N) is 1. The second-order valence-corrected chi connectivity index (χ2v) is 12.9. The van der Waals surface area contributed by atoms with Gasteiger partial charge in [0.15, 0.2) is 0 Å². The lowest BCUT2D eigenvalue weighted by Gasteiger charge is -2.37. The molecule has 2 aliphatic carbocycles. The molecule has 0 radical (unpaired) electrons. The van der Waals surface area contributed by atoms with Crippen LogP contribution in [-0.2, 0) is 19.6 Å². The molecule has 2 saturated carbocycles. The van der Waals surface area contributed by atoms with Crippen LogP contribution in [-0.4, -0.2) is 51.1 Å². The number of amides is 2. The van der Waals surface area contributed by atoms with Crippen molar-refractivity contribution in [2.45, 2.75) is 61.6 Å². The van der Waals surface area contributed by atoms with Gasteiger partial charge < -0.3 is 15.4 Å². The zero-order valence-electron chi connectivity index (χ0n) is 17.9. The lowest BCUT2D eigenvalue weighted by molar-refractivity contribution is -0.123. The molecule has 3 unspecified atom stereocenters. The third kappa shape index (κ3) is 4.93. The van der Waals surface area contributed by atoms with E-state index in [1.165, 1.54) is 6.07 Å². The molecule has 4 rings (SSSR count). The van der Waals surface area contributed by atoms with E-state index in [0.29, 0.717) is 30.3 Å². The summed E-state index contributed by atoms with van der Waals surface area (Å²) in [6.07, 6.45) is 6.25. The Morgan fingerprint density at radius 3 is 2.59 bits per heavy atom. The number of nitrogens with zero attached hydrogens (tertiary/aromatic N) is 1. The molecule has 178 valence electrons. The monoisotopic (exact) mass is 503 g/mol. The van der Waals surface area contributed by atoms with Gasteiger partial charge in [-0.05, 0) is 56.6 Å². The van der Waals surface area contributed by atoms with Crippen LogP contribution in [0.3, 0.4) is 0 Å². The Labute approximate surface area is 197 Å². The Hall–Kier alpha value is -1.36. The van der Waals surface area contributed by atoms with Crippen LogP contribution in [0.15, 0.2) is 16.3 Å². The van der Waals surface area contributed by atoms with E-state index >= 15 is 0 Å². The third-order valence-electron chi connectivity index (χ3n) is 7.38. The molecular formula is C21H30ClN3O5S2. The van der Waals surface area contributed by atoms with Gasteiger partial charge in [-0.2, -0.15) is 0 Å². The van der Waals surface area contributed by atoms with E-state index in [1.54, 1.807) is 11.0 Å². The van der Waals surface area contributed by atoms with Gasteiger partial charge in [0.25, 0.3) is 0 Å². The minimum Gasteiger partial charge on any atom is -0.449 e.